The summed E-state index contributed by atoms with van der Waals surface area (Å²) >= 11 is 5.66. The van der Waals surface area contributed by atoms with Gasteiger partial charge in [-0.3, -0.25) is 9.59 Å². The van der Waals surface area contributed by atoms with E-state index in [1.54, 1.807) is 30.3 Å². The molecule has 0 saturated heterocycles. The van der Waals surface area contributed by atoms with Gasteiger partial charge in [0.25, 0.3) is 5.91 Å². The highest BCUT2D eigenvalue weighted by Gasteiger charge is 2.31. The minimum absolute atomic E-state index is 0.00654. The summed E-state index contributed by atoms with van der Waals surface area (Å²) in [6.45, 7) is -0.606. The molecule has 0 radical (unpaired) electrons. The summed E-state index contributed by atoms with van der Waals surface area (Å²) in [5.74, 6) is -1.64. The van der Waals surface area contributed by atoms with E-state index in [0.29, 0.717) is 12.3 Å². The van der Waals surface area contributed by atoms with Gasteiger partial charge in [0.2, 0.25) is 0 Å². The van der Waals surface area contributed by atoms with Crippen molar-refractivity contribution in [2.45, 2.75) is 12.6 Å². The number of carbonyl (C=O) groups excluding carboxylic acids is 2. The molecule has 1 aromatic carbocycles. The second-order valence-electron chi connectivity index (χ2n) is 4.92. The summed E-state index contributed by atoms with van der Waals surface area (Å²) in [7, 11) is 0. The molecule has 5 nitrogen and oxygen atoms in total. The first-order valence-corrected chi connectivity index (χ1v) is 7.35. The number of ether oxygens (including phenoxy) is 1. The predicted octanol–water partition coefficient (Wildman–Crippen LogP) is 3.48. The lowest BCUT2D eigenvalue weighted by molar-refractivity contribution is -0.146. The van der Waals surface area contributed by atoms with Crippen LogP contribution in [0.5, 0.6) is 0 Å². The summed E-state index contributed by atoms with van der Waals surface area (Å²) in [6.07, 6.45) is -4.05. The number of halogens is 4. The second kappa shape index (κ2) is 7.98. The van der Waals surface area contributed by atoms with Crippen LogP contribution in [0.4, 0.5) is 19.0 Å². The number of hydrogen-bond acceptors (Lipinski definition) is 4. The summed E-state index contributed by atoms with van der Waals surface area (Å²) in [4.78, 5) is 26.8. The first-order chi connectivity index (χ1) is 11.8. The molecule has 0 aliphatic heterocycles. The average Bonchev–Trinajstić information content (AvgIpc) is 2.55. The predicted molar refractivity (Wildman–Crippen MR) is 84.0 cm³/mol. The third-order valence-electron chi connectivity index (χ3n) is 2.98. The number of amides is 1. The van der Waals surface area contributed by atoms with E-state index in [9.17, 15) is 22.8 Å². The molecular weight excluding hydrogens is 361 g/mol. The number of carbonyl (C=O) groups is 2. The smallest absolute Gasteiger partial charge is 0.417 e. The Balaban J connectivity index is 1.87. The zero-order chi connectivity index (χ0) is 18.4. The topological polar surface area (TPSA) is 68.3 Å². The lowest BCUT2D eigenvalue weighted by Crippen LogP contribution is -2.22. The highest BCUT2D eigenvalue weighted by Crippen LogP contribution is 2.32. The minimum Gasteiger partial charge on any atom is -0.455 e. The molecule has 9 heteroatoms. The molecule has 1 aromatic heterocycles. The van der Waals surface area contributed by atoms with Crippen molar-refractivity contribution < 1.29 is 27.5 Å². The van der Waals surface area contributed by atoms with Gasteiger partial charge in [-0.05, 0) is 11.6 Å². The van der Waals surface area contributed by atoms with Crippen LogP contribution in [0.15, 0.2) is 42.6 Å². The van der Waals surface area contributed by atoms with Crippen molar-refractivity contribution in [2.24, 2.45) is 0 Å². The first kappa shape index (κ1) is 18.7. The van der Waals surface area contributed by atoms with Crippen LogP contribution in [0, 0.1) is 0 Å². The van der Waals surface area contributed by atoms with Crippen LogP contribution in [0.2, 0.25) is 5.02 Å². The SMILES string of the molecule is O=C(COC(=O)Cc1ccccc1)Nc1ncc(C(F)(F)F)cc1Cl. The highest BCUT2D eigenvalue weighted by molar-refractivity contribution is 6.33. The molecule has 0 bridgehead atoms. The number of alkyl halides is 3. The third kappa shape index (κ3) is 5.75. The van der Waals surface area contributed by atoms with E-state index >= 15 is 0 Å². The largest absolute Gasteiger partial charge is 0.455 e. The molecule has 0 aliphatic rings. The van der Waals surface area contributed by atoms with Crippen LogP contribution >= 0.6 is 11.6 Å². The molecule has 0 unspecified atom stereocenters. The molecule has 2 rings (SSSR count). The van der Waals surface area contributed by atoms with E-state index in [0.717, 1.165) is 5.56 Å². The lowest BCUT2D eigenvalue weighted by Gasteiger charge is -2.10. The third-order valence-corrected chi connectivity index (χ3v) is 3.27. The fraction of sp³-hybridized carbons (Fsp3) is 0.188. The number of nitrogens with one attached hydrogen (secondary N) is 1. The van der Waals surface area contributed by atoms with Gasteiger partial charge in [-0.25, -0.2) is 4.98 Å². The van der Waals surface area contributed by atoms with Gasteiger partial charge in [-0.15, -0.1) is 0 Å². The number of nitrogens with zero attached hydrogens (tertiary/aromatic N) is 1. The van der Waals surface area contributed by atoms with E-state index in [2.05, 4.69) is 10.3 Å². The summed E-state index contributed by atoms with van der Waals surface area (Å²) in [5.41, 5.74) is -0.315. The van der Waals surface area contributed by atoms with Gasteiger partial charge in [-0.1, -0.05) is 41.9 Å². The number of esters is 1. The van der Waals surface area contributed by atoms with Crippen molar-refractivity contribution in [1.82, 2.24) is 4.98 Å². The van der Waals surface area contributed by atoms with Crippen LogP contribution in [0.25, 0.3) is 0 Å². The Morgan fingerprint density at radius 1 is 1.20 bits per heavy atom. The summed E-state index contributed by atoms with van der Waals surface area (Å²) < 4.78 is 42.3. The maximum absolute atomic E-state index is 12.5. The van der Waals surface area contributed by atoms with Gasteiger partial charge in [0, 0.05) is 6.20 Å². The number of benzene rings is 1. The van der Waals surface area contributed by atoms with Gasteiger partial charge in [0.05, 0.1) is 17.0 Å². The quantitative estimate of drug-likeness (QED) is 0.816. The second-order valence-corrected chi connectivity index (χ2v) is 5.33. The molecule has 0 aliphatic carbocycles. The van der Waals surface area contributed by atoms with Crippen LogP contribution in [0.3, 0.4) is 0 Å². The molecule has 25 heavy (non-hydrogen) atoms. The lowest BCUT2D eigenvalue weighted by atomic mass is 10.2. The van der Waals surface area contributed by atoms with E-state index in [1.807, 2.05) is 0 Å². The van der Waals surface area contributed by atoms with Gasteiger partial charge >= 0.3 is 12.1 Å². The Hall–Kier alpha value is -2.61. The molecule has 0 saturated carbocycles. The molecule has 0 fully saturated rings. The van der Waals surface area contributed by atoms with E-state index in [4.69, 9.17) is 16.3 Å². The monoisotopic (exact) mass is 372 g/mol. The van der Waals surface area contributed by atoms with Crippen LogP contribution in [0.1, 0.15) is 11.1 Å². The Kier molecular flexibility index (Phi) is 5.97. The maximum atomic E-state index is 12.5. The van der Waals surface area contributed by atoms with Gasteiger partial charge in [-0.2, -0.15) is 13.2 Å². The Bertz CT molecular complexity index is 767. The number of rotatable bonds is 5. The number of anilines is 1. The Labute approximate surface area is 145 Å². The maximum Gasteiger partial charge on any atom is 0.417 e. The van der Waals surface area contributed by atoms with Crippen molar-refractivity contribution in [3.8, 4) is 0 Å². The molecule has 0 atom stereocenters. The molecule has 2 aromatic rings. The van der Waals surface area contributed by atoms with Crippen molar-refractivity contribution in [3.05, 3.63) is 58.7 Å². The number of aromatic nitrogens is 1. The van der Waals surface area contributed by atoms with E-state index in [1.165, 1.54) is 0 Å². The van der Waals surface area contributed by atoms with Gasteiger partial charge in [0.15, 0.2) is 12.4 Å². The van der Waals surface area contributed by atoms with Gasteiger partial charge in [0.1, 0.15) is 0 Å². The van der Waals surface area contributed by atoms with Crippen LogP contribution in [-0.2, 0) is 26.9 Å². The van der Waals surface area contributed by atoms with Crippen molar-refractivity contribution in [2.75, 3.05) is 11.9 Å². The van der Waals surface area contributed by atoms with E-state index < -0.39 is 30.2 Å². The summed E-state index contributed by atoms with van der Waals surface area (Å²) in [6, 6.07) is 9.41. The minimum atomic E-state index is -4.59. The van der Waals surface area contributed by atoms with Crippen molar-refractivity contribution >= 4 is 29.3 Å². The zero-order valence-corrected chi connectivity index (χ0v) is 13.4. The molecule has 1 heterocycles. The molecular formula is C16H12ClF3N2O3. The number of pyridine rings is 1. The Morgan fingerprint density at radius 3 is 2.48 bits per heavy atom. The molecule has 0 spiro atoms. The number of hydrogen-bond donors (Lipinski definition) is 1. The van der Waals surface area contributed by atoms with Crippen molar-refractivity contribution in [1.29, 1.82) is 0 Å². The van der Waals surface area contributed by atoms with Gasteiger partial charge < -0.3 is 10.1 Å². The first-order valence-electron chi connectivity index (χ1n) is 6.98. The standard InChI is InChI=1S/C16H12ClF3N2O3/c17-12-7-11(16(18,19)20)8-21-15(12)22-13(23)9-25-14(24)6-10-4-2-1-3-5-10/h1-5,7-8H,6,9H2,(H,21,22,23). The Morgan fingerprint density at radius 2 is 1.88 bits per heavy atom. The fourth-order valence-corrected chi connectivity index (χ4v) is 2.03. The van der Waals surface area contributed by atoms with E-state index in [-0.39, 0.29) is 17.3 Å². The van der Waals surface area contributed by atoms with Crippen molar-refractivity contribution in [3.63, 3.8) is 0 Å². The highest BCUT2D eigenvalue weighted by atomic mass is 35.5. The fourth-order valence-electron chi connectivity index (χ4n) is 1.81. The molecule has 1 amide bonds. The molecule has 1 N–H and O–H groups in total. The average molecular weight is 373 g/mol. The normalized spacial score (nSPS) is 11.0. The summed E-state index contributed by atoms with van der Waals surface area (Å²) in [5, 5.41) is 1.81. The zero-order valence-electron chi connectivity index (χ0n) is 12.6. The van der Waals surface area contributed by atoms with Crippen LogP contribution < -0.4 is 5.32 Å². The molecule has 132 valence electrons. The van der Waals surface area contributed by atoms with Crippen LogP contribution in [-0.4, -0.2) is 23.5 Å².